The van der Waals surface area contributed by atoms with Gasteiger partial charge in [0.2, 0.25) is 0 Å². The second-order valence-electron chi connectivity index (χ2n) is 4.86. The first kappa shape index (κ1) is 15.0. The summed E-state index contributed by atoms with van der Waals surface area (Å²) in [6.45, 7) is 3.67. The first-order valence-electron chi connectivity index (χ1n) is 6.49. The minimum Gasteiger partial charge on any atom is -0.477 e. The molecule has 0 saturated carbocycles. The van der Waals surface area contributed by atoms with E-state index in [9.17, 15) is 9.18 Å². The molecular weight excluding hydrogens is 275 g/mol. The van der Waals surface area contributed by atoms with Gasteiger partial charge in [-0.3, -0.25) is 10.2 Å². The number of carbonyl (C=O) groups excluding carboxylic acids is 1. The van der Waals surface area contributed by atoms with Crippen molar-refractivity contribution in [2.75, 3.05) is 0 Å². The number of rotatable bonds is 5. The number of nitrogens with one attached hydrogen (secondary N) is 1. The molecule has 1 unspecified atom stereocenters. The number of hydrogen-bond acceptors (Lipinski definition) is 4. The highest BCUT2D eigenvalue weighted by Crippen LogP contribution is 2.19. The van der Waals surface area contributed by atoms with Crippen LogP contribution in [0, 0.1) is 11.7 Å². The summed E-state index contributed by atoms with van der Waals surface area (Å²) in [5.41, 5.74) is 2.37. The third-order valence-corrected chi connectivity index (χ3v) is 2.93. The fourth-order valence-corrected chi connectivity index (χ4v) is 1.86. The van der Waals surface area contributed by atoms with E-state index in [-0.39, 0.29) is 5.92 Å². The van der Waals surface area contributed by atoms with Crippen LogP contribution in [0.1, 0.15) is 13.8 Å². The average molecular weight is 292 g/mol. The van der Waals surface area contributed by atoms with Gasteiger partial charge in [0.15, 0.2) is 11.9 Å². The number of ether oxygens (including phenoxy) is 1. The normalized spacial score (nSPS) is 12.2. The Morgan fingerprint density at radius 2 is 2.14 bits per heavy atom. The Bertz CT molecular complexity index is 627. The second-order valence-corrected chi connectivity index (χ2v) is 4.86. The molecular formula is C14H17FN4O2. The Hall–Kier alpha value is -2.41. The molecule has 0 aliphatic heterocycles. The van der Waals surface area contributed by atoms with E-state index in [4.69, 9.17) is 10.6 Å². The van der Waals surface area contributed by atoms with Gasteiger partial charge in [0.25, 0.3) is 5.91 Å². The molecule has 112 valence electrons. The summed E-state index contributed by atoms with van der Waals surface area (Å²) in [5, 5.41) is 4.03. The third kappa shape index (κ3) is 3.38. The molecule has 0 fully saturated rings. The molecule has 2 aromatic rings. The Kier molecular flexibility index (Phi) is 4.54. The maximum atomic E-state index is 13.7. The van der Waals surface area contributed by atoms with Crippen LogP contribution in [0.3, 0.4) is 0 Å². The zero-order valence-electron chi connectivity index (χ0n) is 11.8. The summed E-state index contributed by atoms with van der Waals surface area (Å²) in [7, 11) is 0. The number of nitrogens with zero attached hydrogens (tertiary/aromatic N) is 2. The molecule has 6 nitrogen and oxygen atoms in total. The van der Waals surface area contributed by atoms with Gasteiger partial charge in [0.05, 0.1) is 12.4 Å². The van der Waals surface area contributed by atoms with E-state index in [1.807, 2.05) is 13.8 Å². The van der Waals surface area contributed by atoms with Gasteiger partial charge in [-0.15, -0.1) is 0 Å². The number of para-hydroxylation sites is 1. The van der Waals surface area contributed by atoms with Crippen LogP contribution < -0.4 is 16.0 Å². The van der Waals surface area contributed by atoms with Crippen molar-refractivity contribution in [3.05, 3.63) is 42.5 Å². The van der Waals surface area contributed by atoms with Crippen molar-refractivity contribution < 1.29 is 13.9 Å². The Morgan fingerprint density at radius 3 is 2.76 bits per heavy atom. The Morgan fingerprint density at radius 1 is 1.43 bits per heavy atom. The first-order chi connectivity index (χ1) is 10.0. The lowest BCUT2D eigenvalue weighted by Crippen LogP contribution is -2.44. The molecule has 0 radical (unpaired) electrons. The highest BCUT2D eigenvalue weighted by atomic mass is 19.1. The predicted molar refractivity (Wildman–Crippen MR) is 75.1 cm³/mol. The van der Waals surface area contributed by atoms with E-state index >= 15 is 0 Å². The Balaban J connectivity index is 2.20. The summed E-state index contributed by atoms with van der Waals surface area (Å²) in [6, 6.07) is 6.24. The maximum absolute atomic E-state index is 13.7. The van der Waals surface area contributed by atoms with Crippen LogP contribution in [0.2, 0.25) is 0 Å². The van der Waals surface area contributed by atoms with E-state index in [0.29, 0.717) is 11.4 Å². The molecule has 1 heterocycles. The van der Waals surface area contributed by atoms with E-state index in [0.717, 1.165) is 0 Å². The molecule has 1 atom stereocenters. The van der Waals surface area contributed by atoms with Gasteiger partial charge in [-0.2, -0.15) is 5.10 Å². The summed E-state index contributed by atoms with van der Waals surface area (Å²) in [4.78, 5) is 11.6. The molecule has 1 aromatic carbocycles. The van der Waals surface area contributed by atoms with Crippen molar-refractivity contribution in [3.63, 3.8) is 0 Å². The minimum atomic E-state index is -0.742. The lowest BCUT2D eigenvalue weighted by atomic mass is 10.1. The van der Waals surface area contributed by atoms with E-state index in [1.54, 1.807) is 18.2 Å². The van der Waals surface area contributed by atoms with Crippen LogP contribution in [0.5, 0.6) is 5.75 Å². The number of hydrogen-bond donors (Lipinski definition) is 2. The standard InChI is InChI=1S/C14H17FN4O2/c1-9(2)13(14(20)18-16)21-10-7-17-19(8-10)12-6-4-3-5-11(12)15/h3-9,13H,16H2,1-2H3,(H,18,20). The molecule has 0 bridgehead atoms. The summed E-state index contributed by atoms with van der Waals surface area (Å²) in [5.74, 6) is 4.59. The molecule has 1 aromatic heterocycles. The predicted octanol–water partition coefficient (Wildman–Crippen LogP) is 1.40. The highest BCUT2D eigenvalue weighted by Gasteiger charge is 2.24. The molecule has 1 amide bonds. The number of aromatic nitrogens is 2. The van der Waals surface area contributed by atoms with Gasteiger partial charge in [-0.1, -0.05) is 26.0 Å². The molecule has 0 aliphatic rings. The first-order valence-corrected chi connectivity index (χ1v) is 6.49. The van der Waals surface area contributed by atoms with Gasteiger partial charge in [-0.05, 0) is 18.1 Å². The van der Waals surface area contributed by atoms with Crippen molar-refractivity contribution in [2.24, 2.45) is 11.8 Å². The lowest BCUT2D eigenvalue weighted by molar-refractivity contribution is -0.129. The molecule has 7 heteroatoms. The van der Waals surface area contributed by atoms with E-state index < -0.39 is 17.8 Å². The second kappa shape index (κ2) is 6.36. The van der Waals surface area contributed by atoms with Crippen LogP contribution in [0.15, 0.2) is 36.7 Å². The lowest BCUT2D eigenvalue weighted by Gasteiger charge is -2.19. The van der Waals surface area contributed by atoms with Crippen LogP contribution in [0.4, 0.5) is 4.39 Å². The summed E-state index contributed by atoms with van der Waals surface area (Å²) in [6.07, 6.45) is 2.19. The Labute approximate surface area is 121 Å². The van der Waals surface area contributed by atoms with Gasteiger partial charge < -0.3 is 4.74 Å². The number of hydrazine groups is 1. The van der Waals surface area contributed by atoms with Gasteiger partial charge in [0, 0.05) is 0 Å². The maximum Gasteiger partial charge on any atom is 0.275 e. The van der Waals surface area contributed by atoms with Gasteiger partial charge in [-0.25, -0.2) is 14.9 Å². The monoisotopic (exact) mass is 292 g/mol. The number of nitrogens with two attached hydrogens (primary N) is 1. The molecule has 0 aliphatic carbocycles. The topological polar surface area (TPSA) is 82.2 Å². The number of amides is 1. The van der Waals surface area contributed by atoms with Crippen LogP contribution in [-0.4, -0.2) is 21.8 Å². The quantitative estimate of drug-likeness (QED) is 0.496. The fraction of sp³-hybridized carbons (Fsp3) is 0.286. The van der Waals surface area contributed by atoms with Crippen molar-refractivity contribution in [1.29, 1.82) is 0 Å². The SMILES string of the molecule is CC(C)C(Oc1cnn(-c2ccccc2F)c1)C(=O)NN. The number of carbonyl (C=O) groups is 1. The largest absolute Gasteiger partial charge is 0.477 e. The van der Waals surface area contributed by atoms with Crippen LogP contribution in [0.25, 0.3) is 5.69 Å². The smallest absolute Gasteiger partial charge is 0.275 e. The molecule has 2 rings (SSSR count). The van der Waals surface area contributed by atoms with Gasteiger partial charge in [0.1, 0.15) is 11.5 Å². The zero-order chi connectivity index (χ0) is 15.4. The van der Waals surface area contributed by atoms with Crippen LogP contribution >= 0.6 is 0 Å². The number of halogens is 1. The molecule has 3 N–H and O–H groups in total. The third-order valence-electron chi connectivity index (χ3n) is 2.93. The van der Waals surface area contributed by atoms with Crippen molar-refractivity contribution >= 4 is 5.91 Å². The molecule has 21 heavy (non-hydrogen) atoms. The van der Waals surface area contributed by atoms with Crippen molar-refractivity contribution in [3.8, 4) is 11.4 Å². The average Bonchev–Trinajstić information content (AvgIpc) is 2.92. The van der Waals surface area contributed by atoms with E-state index in [1.165, 1.54) is 23.1 Å². The van der Waals surface area contributed by atoms with Crippen molar-refractivity contribution in [2.45, 2.75) is 20.0 Å². The molecule has 0 saturated heterocycles. The summed E-state index contributed by atoms with van der Waals surface area (Å²) < 4.78 is 20.6. The van der Waals surface area contributed by atoms with Crippen LogP contribution in [-0.2, 0) is 4.79 Å². The fourth-order valence-electron chi connectivity index (χ4n) is 1.86. The van der Waals surface area contributed by atoms with Crippen molar-refractivity contribution in [1.82, 2.24) is 15.2 Å². The molecule has 0 spiro atoms. The van der Waals surface area contributed by atoms with Gasteiger partial charge >= 0.3 is 0 Å². The summed E-state index contributed by atoms with van der Waals surface area (Å²) >= 11 is 0. The number of benzene rings is 1. The van der Waals surface area contributed by atoms with E-state index in [2.05, 4.69) is 10.5 Å². The highest BCUT2D eigenvalue weighted by molar-refractivity contribution is 5.80. The zero-order valence-corrected chi connectivity index (χ0v) is 11.8. The minimum absolute atomic E-state index is 0.0784.